The van der Waals surface area contributed by atoms with Gasteiger partial charge in [0.2, 0.25) is 11.8 Å². The van der Waals surface area contributed by atoms with E-state index in [4.69, 9.17) is 30.9 Å². The summed E-state index contributed by atoms with van der Waals surface area (Å²) >= 11 is 7.12. The van der Waals surface area contributed by atoms with Crippen molar-refractivity contribution in [2.45, 2.75) is 91.5 Å². The van der Waals surface area contributed by atoms with Crippen LogP contribution < -0.4 is 20.1 Å². The number of aromatic nitrogens is 3. The van der Waals surface area contributed by atoms with Gasteiger partial charge in [-0.15, -0.1) is 0 Å². The number of carbonyl (C=O) groups is 5. The fourth-order valence-corrected chi connectivity index (χ4v) is 9.28. The number of nitrogens with zero attached hydrogens (tertiary/aromatic N) is 4. The molecule has 16 heteroatoms. The number of benzene rings is 4. The fraction of sp³-hybridized carbons (Fsp3) is 0.360. The average Bonchev–Trinajstić information content (AvgIpc) is 3.86. The zero-order chi connectivity index (χ0) is 47.0. The minimum Gasteiger partial charge on any atom is -0.493 e. The fourth-order valence-electron chi connectivity index (χ4n) is 9.04. The molecule has 2 N–H and O–H groups in total. The van der Waals surface area contributed by atoms with Gasteiger partial charge in [-0.2, -0.15) is 5.10 Å². The second-order valence-electron chi connectivity index (χ2n) is 17.7. The highest BCUT2D eigenvalue weighted by molar-refractivity contribution is 6.35. The maximum Gasteiger partial charge on any atom is 0.355 e. The highest BCUT2D eigenvalue weighted by atomic mass is 35.5. The summed E-state index contributed by atoms with van der Waals surface area (Å²) in [6, 6.07) is 18.1. The van der Waals surface area contributed by atoms with Crippen molar-refractivity contribution in [3.8, 4) is 22.6 Å². The van der Waals surface area contributed by atoms with E-state index in [9.17, 15) is 28.4 Å². The van der Waals surface area contributed by atoms with Crippen LogP contribution in [0.1, 0.15) is 89.8 Å². The molecule has 2 aromatic heterocycles. The molecule has 1 atom stereocenters. The summed E-state index contributed by atoms with van der Waals surface area (Å²) in [6.07, 6.45) is 1.74. The van der Waals surface area contributed by atoms with E-state index in [0.717, 1.165) is 49.8 Å². The third-order valence-corrected chi connectivity index (χ3v) is 12.4. The first kappa shape index (κ1) is 45.8. The maximum absolute atomic E-state index is 14.5. The summed E-state index contributed by atoms with van der Waals surface area (Å²) in [7, 11) is 1.87. The van der Waals surface area contributed by atoms with Gasteiger partial charge >= 0.3 is 5.97 Å². The molecule has 4 heterocycles. The highest BCUT2D eigenvalue weighted by Gasteiger charge is 2.40. The van der Waals surface area contributed by atoms with Gasteiger partial charge in [-0.3, -0.25) is 29.2 Å². The molecule has 1 saturated heterocycles. The molecule has 4 amide bonds. The first-order valence-corrected chi connectivity index (χ1v) is 22.4. The van der Waals surface area contributed by atoms with Gasteiger partial charge in [0.1, 0.15) is 34.7 Å². The van der Waals surface area contributed by atoms with Crippen LogP contribution in [0.2, 0.25) is 5.02 Å². The van der Waals surface area contributed by atoms with Crippen LogP contribution >= 0.6 is 11.6 Å². The lowest BCUT2D eigenvalue weighted by molar-refractivity contribution is -0.137. The minimum absolute atomic E-state index is 0.106. The van der Waals surface area contributed by atoms with Crippen molar-refractivity contribution in [3.63, 3.8) is 0 Å². The molecule has 0 aliphatic carbocycles. The molecule has 1 fully saturated rings. The monoisotopic (exact) mass is 918 g/mol. The second kappa shape index (κ2) is 18.6. The van der Waals surface area contributed by atoms with E-state index < -0.39 is 29.4 Å². The summed E-state index contributed by atoms with van der Waals surface area (Å²) in [5.74, 6) is -1.47. The molecular weight excluding hydrogens is 867 g/mol. The number of halogens is 2. The number of carbonyl (C=O) groups excluding carboxylic acids is 5. The Morgan fingerprint density at radius 2 is 1.71 bits per heavy atom. The van der Waals surface area contributed by atoms with E-state index >= 15 is 0 Å². The predicted octanol–water partition coefficient (Wildman–Crippen LogP) is 7.92. The lowest BCUT2D eigenvalue weighted by Gasteiger charge is -2.29. The Labute approximate surface area is 386 Å². The number of amides is 4. The first-order valence-electron chi connectivity index (χ1n) is 22.0. The molecule has 2 aliphatic rings. The lowest BCUT2D eigenvalue weighted by atomic mass is 9.98. The molecule has 0 saturated carbocycles. The molecule has 2 aliphatic heterocycles. The topological polar surface area (TPSA) is 163 Å². The Kier molecular flexibility index (Phi) is 12.9. The van der Waals surface area contributed by atoms with E-state index in [1.54, 1.807) is 28.9 Å². The van der Waals surface area contributed by atoms with Gasteiger partial charge in [0.25, 0.3) is 11.8 Å². The third kappa shape index (κ3) is 9.21. The standard InChI is InChI=1S/C50H52ClFN6O8/c1-28-43(29(2)56(6)55-28)44-37(51)19-18-34-33(13-9-24-64-39-14-7-11-30-25-31(52)16-17-32(30)39)46(49(63)66-50(3,4)5)57(45(34)44)23-10-22-53-42(60)27-65-40-15-8-12-35-36(40)26-58(48(35)62)38-20-21-41(59)54-47(38)61/h7-8,11-12,14-19,25,38H,9-10,13,20-24,26-27H2,1-6H3,(H,53,60)(H,54,59,61). The Morgan fingerprint density at radius 3 is 2.45 bits per heavy atom. The minimum atomic E-state index is -0.813. The lowest BCUT2D eigenvalue weighted by Crippen LogP contribution is -2.52. The van der Waals surface area contributed by atoms with Crippen LogP contribution in [0.15, 0.2) is 66.7 Å². The molecule has 8 rings (SSSR count). The number of aryl methyl sites for hydroxylation is 4. The Hall–Kier alpha value is -6.74. The zero-order valence-corrected chi connectivity index (χ0v) is 38.6. The van der Waals surface area contributed by atoms with Gasteiger partial charge in [0, 0.05) is 65.3 Å². The normalized spacial score (nSPS) is 15.1. The summed E-state index contributed by atoms with van der Waals surface area (Å²) in [5, 5.41) is 12.8. The van der Waals surface area contributed by atoms with Crippen molar-refractivity contribution >= 4 is 62.9 Å². The third-order valence-electron chi connectivity index (χ3n) is 12.0. The van der Waals surface area contributed by atoms with Crippen molar-refractivity contribution < 1.29 is 42.6 Å². The highest BCUT2D eigenvalue weighted by Crippen LogP contribution is 2.43. The molecule has 0 radical (unpaired) electrons. The number of nitrogens with one attached hydrogen (secondary N) is 2. The van der Waals surface area contributed by atoms with Crippen molar-refractivity contribution in [2.75, 3.05) is 19.8 Å². The van der Waals surface area contributed by atoms with Gasteiger partial charge in [0.15, 0.2) is 6.61 Å². The van der Waals surface area contributed by atoms with Crippen molar-refractivity contribution in [2.24, 2.45) is 7.05 Å². The van der Waals surface area contributed by atoms with Crippen LogP contribution in [0, 0.1) is 19.7 Å². The van der Waals surface area contributed by atoms with E-state index in [1.165, 1.54) is 17.0 Å². The molecule has 0 spiro atoms. The first-order chi connectivity index (χ1) is 31.5. The molecular formula is C50H52ClFN6O8. The molecule has 0 bridgehead atoms. The van der Waals surface area contributed by atoms with Crippen LogP contribution in [0.5, 0.6) is 11.5 Å². The summed E-state index contributed by atoms with van der Waals surface area (Å²) < 4.78 is 36.1. The van der Waals surface area contributed by atoms with Crippen molar-refractivity contribution in [1.29, 1.82) is 0 Å². The smallest absolute Gasteiger partial charge is 0.355 e. The molecule has 4 aromatic carbocycles. The van der Waals surface area contributed by atoms with E-state index in [0.29, 0.717) is 65.8 Å². The Balaban J connectivity index is 1.03. The van der Waals surface area contributed by atoms with Crippen molar-refractivity contribution in [1.82, 2.24) is 29.9 Å². The van der Waals surface area contributed by atoms with E-state index in [2.05, 4.69) is 10.6 Å². The van der Waals surface area contributed by atoms with Crippen molar-refractivity contribution in [3.05, 3.63) is 111 Å². The van der Waals surface area contributed by atoms with Gasteiger partial charge in [-0.05, 0) is 114 Å². The number of hydrogen-bond donors (Lipinski definition) is 2. The number of piperidine rings is 1. The number of imide groups is 1. The Morgan fingerprint density at radius 1 is 0.955 bits per heavy atom. The van der Waals surface area contributed by atoms with E-state index in [-0.39, 0.29) is 50.2 Å². The van der Waals surface area contributed by atoms with Crippen LogP contribution in [0.3, 0.4) is 0 Å². The summed E-state index contributed by atoms with van der Waals surface area (Å²) in [5.41, 5.74) is 5.25. The number of fused-ring (bicyclic) bond motifs is 3. The number of rotatable bonds is 15. The largest absolute Gasteiger partial charge is 0.493 e. The number of hydrogen-bond acceptors (Lipinski definition) is 9. The van der Waals surface area contributed by atoms with Gasteiger partial charge < -0.3 is 29.0 Å². The zero-order valence-electron chi connectivity index (χ0n) is 37.8. The van der Waals surface area contributed by atoms with E-state index in [1.807, 2.05) is 76.6 Å². The maximum atomic E-state index is 14.5. The molecule has 66 heavy (non-hydrogen) atoms. The average molecular weight is 919 g/mol. The van der Waals surface area contributed by atoms with Crippen LogP contribution in [0.25, 0.3) is 32.8 Å². The summed E-state index contributed by atoms with van der Waals surface area (Å²) in [6.45, 7) is 9.96. The second-order valence-corrected chi connectivity index (χ2v) is 18.1. The number of esters is 1. The molecule has 6 aromatic rings. The quantitative estimate of drug-likeness (QED) is 0.0592. The molecule has 344 valence electrons. The van der Waals surface area contributed by atoms with Gasteiger partial charge in [-0.25, -0.2) is 9.18 Å². The van der Waals surface area contributed by atoms with Gasteiger partial charge in [-0.1, -0.05) is 35.9 Å². The molecule has 1 unspecified atom stereocenters. The molecule has 14 nitrogen and oxygen atoms in total. The van der Waals surface area contributed by atoms with Crippen LogP contribution in [0.4, 0.5) is 4.39 Å². The van der Waals surface area contributed by atoms with Crippen LogP contribution in [-0.2, 0) is 45.7 Å². The number of ether oxygens (including phenoxy) is 3. The Bertz CT molecular complexity index is 2930. The van der Waals surface area contributed by atoms with Crippen LogP contribution in [-0.4, -0.2) is 80.2 Å². The predicted molar refractivity (Wildman–Crippen MR) is 247 cm³/mol. The SMILES string of the molecule is Cc1nn(C)c(C)c1-c1c(Cl)ccc2c(CCCOc3cccc4cc(F)ccc34)c(C(=O)OC(C)(C)C)n(CCCNC(=O)COc3cccc4c3CN(C3CCC(=O)NC3=O)C4=O)c12. The summed E-state index contributed by atoms with van der Waals surface area (Å²) in [4.78, 5) is 66.8. The van der Waals surface area contributed by atoms with Gasteiger partial charge in [0.05, 0.1) is 29.4 Å².